The van der Waals surface area contributed by atoms with E-state index in [2.05, 4.69) is 6.92 Å². The average molecular weight is 196 g/mol. The van der Waals surface area contributed by atoms with E-state index in [1.807, 2.05) is 13.8 Å². The van der Waals surface area contributed by atoms with Crippen molar-refractivity contribution in [3.05, 3.63) is 11.6 Å². The molecule has 0 radical (unpaired) electrons. The number of hydrogen-bond acceptors (Lipinski definition) is 2. The van der Waals surface area contributed by atoms with E-state index < -0.39 is 0 Å². The van der Waals surface area contributed by atoms with Crippen LogP contribution in [-0.4, -0.2) is 12.1 Å². The summed E-state index contributed by atoms with van der Waals surface area (Å²) in [5.74, 6) is 0.479. The molecule has 0 saturated carbocycles. The van der Waals surface area contributed by atoms with E-state index in [1.165, 1.54) is 12.8 Å². The molecule has 2 nitrogen and oxygen atoms in total. The van der Waals surface area contributed by atoms with Crippen LogP contribution in [0.4, 0.5) is 0 Å². The molecule has 2 atom stereocenters. The van der Waals surface area contributed by atoms with Crippen molar-refractivity contribution in [3.8, 4) is 0 Å². The van der Waals surface area contributed by atoms with Crippen molar-refractivity contribution in [1.82, 2.24) is 0 Å². The monoisotopic (exact) mass is 196 g/mol. The van der Waals surface area contributed by atoms with Crippen molar-refractivity contribution in [3.63, 3.8) is 0 Å². The molecule has 0 fully saturated rings. The third-order valence-corrected chi connectivity index (χ3v) is 2.68. The second-order valence-electron chi connectivity index (χ2n) is 4.47. The minimum absolute atomic E-state index is 0.0552. The van der Waals surface area contributed by atoms with Gasteiger partial charge < -0.3 is 4.74 Å². The Morgan fingerprint density at radius 3 is 2.86 bits per heavy atom. The van der Waals surface area contributed by atoms with Crippen molar-refractivity contribution in [2.75, 3.05) is 0 Å². The molecule has 1 aliphatic heterocycles. The van der Waals surface area contributed by atoms with E-state index in [0.717, 1.165) is 18.4 Å². The highest BCUT2D eigenvalue weighted by Gasteiger charge is 2.14. The van der Waals surface area contributed by atoms with E-state index in [9.17, 15) is 4.79 Å². The van der Waals surface area contributed by atoms with Gasteiger partial charge in [-0.15, -0.1) is 0 Å². The first-order valence-corrected chi connectivity index (χ1v) is 5.45. The van der Waals surface area contributed by atoms with E-state index in [1.54, 1.807) is 6.08 Å². The van der Waals surface area contributed by atoms with Gasteiger partial charge in [-0.2, -0.15) is 0 Å². The molecule has 80 valence electrons. The average Bonchev–Trinajstić information content (AvgIpc) is 2.01. The molecule has 0 amide bonds. The lowest BCUT2D eigenvalue weighted by Gasteiger charge is -2.19. The van der Waals surface area contributed by atoms with Crippen LogP contribution in [0.3, 0.4) is 0 Å². The topological polar surface area (TPSA) is 26.3 Å². The Morgan fingerprint density at radius 2 is 2.14 bits per heavy atom. The van der Waals surface area contributed by atoms with Crippen LogP contribution < -0.4 is 0 Å². The first-order chi connectivity index (χ1) is 6.58. The zero-order chi connectivity index (χ0) is 10.6. The highest BCUT2D eigenvalue weighted by atomic mass is 16.5. The van der Waals surface area contributed by atoms with Crippen LogP contribution in [0.5, 0.6) is 0 Å². The summed E-state index contributed by atoms with van der Waals surface area (Å²) in [6.07, 6.45) is 6.11. The van der Waals surface area contributed by atoms with Crippen LogP contribution in [0.25, 0.3) is 0 Å². The summed E-state index contributed by atoms with van der Waals surface area (Å²) < 4.78 is 5.25. The Balaban J connectivity index is 2.62. The SMILES string of the molecule is C/C1=C/C(=O)OC(C)CC(C)CCC1. The molecule has 1 rings (SSSR count). The summed E-state index contributed by atoms with van der Waals surface area (Å²) >= 11 is 0. The number of carbonyl (C=O) groups excluding carboxylic acids is 1. The molecular formula is C12H20O2. The fourth-order valence-corrected chi connectivity index (χ4v) is 1.97. The lowest BCUT2D eigenvalue weighted by Crippen LogP contribution is -2.17. The Hall–Kier alpha value is -0.790. The molecule has 14 heavy (non-hydrogen) atoms. The largest absolute Gasteiger partial charge is 0.460 e. The molecule has 1 aliphatic rings. The molecular weight excluding hydrogens is 176 g/mol. The smallest absolute Gasteiger partial charge is 0.330 e. The van der Waals surface area contributed by atoms with Crippen LogP contribution in [0.2, 0.25) is 0 Å². The Labute approximate surface area is 86.3 Å². The number of ether oxygens (including phenoxy) is 1. The maximum absolute atomic E-state index is 11.3. The molecule has 0 aliphatic carbocycles. The van der Waals surface area contributed by atoms with Gasteiger partial charge in [0.25, 0.3) is 0 Å². The highest BCUT2D eigenvalue weighted by Crippen LogP contribution is 2.19. The molecule has 0 aromatic carbocycles. The van der Waals surface area contributed by atoms with Gasteiger partial charge in [0.15, 0.2) is 0 Å². The van der Waals surface area contributed by atoms with Crippen LogP contribution in [0.15, 0.2) is 11.6 Å². The van der Waals surface area contributed by atoms with Crippen LogP contribution in [-0.2, 0) is 9.53 Å². The lowest BCUT2D eigenvalue weighted by molar-refractivity contribution is -0.143. The summed E-state index contributed by atoms with van der Waals surface area (Å²) in [5, 5.41) is 0. The zero-order valence-corrected chi connectivity index (χ0v) is 9.38. The highest BCUT2D eigenvalue weighted by molar-refractivity contribution is 5.82. The van der Waals surface area contributed by atoms with Gasteiger partial charge in [0, 0.05) is 6.08 Å². The van der Waals surface area contributed by atoms with Crippen LogP contribution in [0, 0.1) is 5.92 Å². The van der Waals surface area contributed by atoms with Gasteiger partial charge >= 0.3 is 5.97 Å². The van der Waals surface area contributed by atoms with Crippen LogP contribution >= 0.6 is 0 Å². The second-order valence-corrected chi connectivity index (χ2v) is 4.47. The van der Waals surface area contributed by atoms with Crippen molar-refractivity contribution in [2.45, 2.75) is 52.6 Å². The maximum Gasteiger partial charge on any atom is 0.330 e. The number of rotatable bonds is 0. The van der Waals surface area contributed by atoms with Crippen molar-refractivity contribution in [1.29, 1.82) is 0 Å². The quantitative estimate of drug-likeness (QED) is 0.556. The number of hydrogen-bond donors (Lipinski definition) is 0. The summed E-state index contributed by atoms with van der Waals surface area (Å²) in [7, 11) is 0. The van der Waals surface area contributed by atoms with Gasteiger partial charge in [0.2, 0.25) is 0 Å². The summed E-state index contributed by atoms with van der Waals surface area (Å²) in [6, 6.07) is 0. The number of esters is 1. The van der Waals surface area contributed by atoms with Gasteiger partial charge in [-0.25, -0.2) is 4.79 Å². The number of allylic oxidation sites excluding steroid dienone is 1. The first-order valence-electron chi connectivity index (χ1n) is 5.45. The maximum atomic E-state index is 11.3. The summed E-state index contributed by atoms with van der Waals surface area (Å²) in [6.45, 7) is 6.20. The Bertz CT molecular complexity index is 230. The summed E-state index contributed by atoms with van der Waals surface area (Å²) in [4.78, 5) is 11.3. The standard InChI is InChI=1S/C12H20O2/c1-9-5-4-6-10(2)8-12(13)14-11(3)7-9/h8-9,11H,4-7H2,1-3H3/b10-8-. The molecule has 2 unspecified atom stereocenters. The predicted octanol–water partition coefficient (Wildman–Crippen LogP) is 3.07. The first kappa shape index (κ1) is 11.3. The second kappa shape index (κ2) is 5.18. The fourth-order valence-electron chi connectivity index (χ4n) is 1.97. The summed E-state index contributed by atoms with van der Waals surface area (Å²) in [5.41, 5.74) is 1.14. The molecule has 0 saturated heterocycles. The predicted molar refractivity (Wildman–Crippen MR) is 56.9 cm³/mol. The Morgan fingerprint density at radius 1 is 1.43 bits per heavy atom. The van der Waals surface area contributed by atoms with E-state index in [4.69, 9.17) is 4.74 Å². The van der Waals surface area contributed by atoms with E-state index >= 15 is 0 Å². The van der Waals surface area contributed by atoms with Gasteiger partial charge in [0.05, 0.1) is 6.10 Å². The molecule has 0 aromatic heterocycles. The minimum atomic E-state index is -0.177. The molecule has 0 N–H and O–H groups in total. The lowest BCUT2D eigenvalue weighted by atomic mass is 9.96. The number of carbonyl (C=O) groups is 1. The van der Waals surface area contributed by atoms with Crippen molar-refractivity contribution < 1.29 is 9.53 Å². The minimum Gasteiger partial charge on any atom is -0.460 e. The third-order valence-electron chi connectivity index (χ3n) is 2.68. The fraction of sp³-hybridized carbons (Fsp3) is 0.750. The van der Waals surface area contributed by atoms with E-state index in [0.29, 0.717) is 5.92 Å². The van der Waals surface area contributed by atoms with E-state index in [-0.39, 0.29) is 12.1 Å². The van der Waals surface area contributed by atoms with Gasteiger partial charge in [0.1, 0.15) is 0 Å². The van der Waals surface area contributed by atoms with Crippen molar-refractivity contribution >= 4 is 5.97 Å². The molecule has 2 heteroatoms. The zero-order valence-electron chi connectivity index (χ0n) is 9.38. The van der Waals surface area contributed by atoms with Gasteiger partial charge in [-0.3, -0.25) is 0 Å². The van der Waals surface area contributed by atoms with Gasteiger partial charge in [-0.05, 0) is 39.0 Å². The Kier molecular flexibility index (Phi) is 4.18. The molecule has 0 spiro atoms. The molecule has 0 bridgehead atoms. The van der Waals surface area contributed by atoms with Crippen molar-refractivity contribution in [2.24, 2.45) is 5.92 Å². The van der Waals surface area contributed by atoms with Gasteiger partial charge in [-0.1, -0.05) is 18.9 Å². The number of cyclic esters (lactones) is 1. The third kappa shape index (κ3) is 3.95. The normalized spacial score (nSPS) is 34.2. The molecule has 0 aromatic rings. The van der Waals surface area contributed by atoms with Crippen LogP contribution in [0.1, 0.15) is 46.5 Å². The molecule has 1 heterocycles.